The number of carbonyl (C=O) groups excluding carboxylic acids is 2. The lowest BCUT2D eigenvalue weighted by Gasteiger charge is -2.44. The molecule has 0 unspecified atom stereocenters. The van der Waals surface area contributed by atoms with E-state index in [0.29, 0.717) is 46.4 Å². The molecule has 0 atom stereocenters. The number of ketones is 2. The summed E-state index contributed by atoms with van der Waals surface area (Å²) in [4.78, 5) is 27.0. The number of ether oxygens (including phenoxy) is 1. The highest BCUT2D eigenvalue weighted by Gasteiger charge is 2.46. The second-order valence-corrected chi connectivity index (χ2v) is 13.5. The van der Waals surface area contributed by atoms with Gasteiger partial charge in [-0.15, -0.1) is 0 Å². The van der Waals surface area contributed by atoms with Gasteiger partial charge in [0.15, 0.2) is 17.3 Å². The van der Waals surface area contributed by atoms with Crippen molar-refractivity contribution >= 4 is 34.8 Å². The predicted molar refractivity (Wildman–Crippen MR) is 151 cm³/mol. The Bertz CT molecular complexity index is 1070. The average Bonchev–Trinajstić information content (AvgIpc) is 2.76. The maximum atomic E-state index is 13.5. The van der Waals surface area contributed by atoms with Crippen LogP contribution >= 0.6 is 23.2 Å². The van der Waals surface area contributed by atoms with Gasteiger partial charge in [-0.3, -0.25) is 9.59 Å². The first kappa shape index (κ1) is 28.2. The second kappa shape index (κ2) is 11.1. The van der Waals surface area contributed by atoms with E-state index in [9.17, 15) is 9.59 Å². The number of halogens is 2. The Hall–Kier alpha value is -1.78. The Labute approximate surface area is 232 Å². The van der Waals surface area contributed by atoms with Gasteiger partial charge < -0.3 is 10.1 Å². The minimum atomic E-state index is -0.457. The standard InChI is InChI=1S/C31H41Cl2NO3/c1-6-7-8-9-10-11-12-37-29-20(32)13-19(14-21(29)33)26-27-22(15-30(2,3)17-24(27)35)34-23-16-31(4,5)18-25(36)28(23)26/h13-14,26,34H,6-12,15-18H2,1-5H3. The smallest absolute Gasteiger partial charge is 0.162 e. The van der Waals surface area contributed by atoms with Gasteiger partial charge >= 0.3 is 0 Å². The van der Waals surface area contributed by atoms with Crippen LogP contribution in [0.25, 0.3) is 0 Å². The molecule has 6 heteroatoms. The number of dihydropyridines is 1. The molecule has 0 saturated carbocycles. The summed E-state index contributed by atoms with van der Waals surface area (Å²) in [7, 11) is 0. The Morgan fingerprint density at radius 1 is 0.811 bits per heavy atom. The Balaban J connectivity index is 1.66. The molecule has 1 aliphatic heterocycles. The van der Waals surface area contributed by atoms with Crippen molar-refractivity contribution in [3.05, 3.63) is 50.3 Å². The summed E-state index contributed by atoms with van der Waals surface area (Å²) < 4.78 is 5.99. The highest BCUT2D eigenvalue weighted by Crippen LogP contribution is 2.52. The summed E-state index contributed by atoms with van der Waals surface area (Å²) in [5.74, 6) is 0.193. The molecule has 2 aliphatic carbocycles. The van der Waals surface area contributed by atoms with Gasteiger partial charge in [0.1, 0.15) is 0 Å². The normalized spacial score (nSPS) is 21.1. The van der Waals surface area contributed by atoms with Crippen LogP contribution in [0.15, 0.2) is 34.7 Å². The molecular formula is C31H41Cl2NO3. The molecule has 1 heterocycles. The van der Waals surface area contributed by atoms with E-state index in [1.807, 2.05) is 12.1 Å². The van der Waals surface area contributed by atoms with Crippen molar-refractivity contribution in [1.82, 2.24) is 5.32 Å². The number of nitrogens with one attached hydrogen (secondary N) is 1. The molecule has 0 bridgehead atoms. The summed E-state index contributed by atoms with van der Waals surface area (Å²) in [5, 5.41) is 4.39. The zero-order valence-corrected chi connectivity index (χ0v) is 24.5. The first-order valence-corrected chi connectivity index (χ1v) is 14.6. The first-order valence-electron chi connectivity index (χ1n) is 13.8. The van der Waals surface area contributed by atoms with Gasteiger partial charge in [0.2, 0.25) is 0 Å². The second-order valence-electron chi connectivity index (χ2n) is 12.7. The number of hydrogen-bond acceptors (Lipinski definition) is 4. The summed E-state index contributed by atoms with van der Waals surface area (Å²) in [5.41, 5.74) is 3.77. The molecule has 0 fully saturated rings. The van der Waals surface area contributed by atoms with E-state index in [0.717, 1.165) is 42.6 Å². The first-order chi connectivity index (χ1) is 17.4. The molecule has 4 nitrogen and oxygen atoms in total. The van der Waals surface area contributed by atoms with Gasteiger partial charge in [-0.05, 0) is 47.8 Å². The third-order valence-corrected chi connectivity index (χ3v) is 8.38. The van der Waals surface area contributed by atoms with E-state index < -0.39 is 5.92 Å². The van der Waals surface area contributed by atoms with Crippen molar-refractivity contribution in [1.29, 1.82) is 0 Å². The topological polar surface area (TPSA) is 55.4 Å². The monoisotopic (exact) mass is 545 g/mol. The number of benzene rings is 1. The van der Waals surface area contributed by atoms with Crippen LogP contribution in [-0.4, -0.2) is 18.2 Å². The molecule has 37 heavy (non-hydrogen) atoms. The summed E-state index contributed by atoms with van der Waals surface area (Å²) in [6.07, 6.45) is 9.46. The molecule has 0 spiro atoms. The van der Waals surface area contributed by atoms with Crippen LogP contribution in [0.1, 0.15) is 110 Å². The average molecular weight is 547 g/mol. The van der Waals surface area contributed by atoms with Crippen molar-refractivity contribution in [2.45, 2.75) is 105 Å². The lowest BCUT2D eigenvalue weighted by Crippen LogP contribution is -2.42. The third-order valence-electron chi connectivity index (χ3n) is 7.82. The van der Waals surface area contributed by atoms with Crippen molar-refractivity contribution in [3.8, 4) is 5.75 Å². The van der Waals surface area contributed by atoms with Gasteiger partial charge in [0.05, 0.1) is 16.7 Å². The quantitative estimate of drug-likeness (QED) is 0.315. The van der Waals surface area contributed by atoms with E-state index in [1.54, 1.807) is 0 Å². The number of allylic oxidation sites excluding steroid dienone is 4. The lowest BCUT2D eigenvalue weighted by molar-refractivity contribution is -0.119. The van der Waals surface area contributed by atoms with Crippen molar-refractivity contribution in [2.75, 3.05) is 6.61 Å². The van der Waals surface area contributed by atoms with E-state index in [4.69, 9.17) is 27.9 Å². The number of rotatable bonds is 9. The Kier molecular flexibility index (Phi) is 8.50. The van der Waals surface area contributed by atoms with Crippen LogP contribution in [0.5, 0.6) is 5.75 Å². The molecule has 4 rings (SSSR count). The number of carbonyl (C=O) groups is 2. The molecule has 0 saturated heterocycles. The lowest BCUT2D eigenvalue weighted by atomic mass is 9.64. The fourth-order valence-corrected chi connectivity index (χ4v) is 6.78. The zero-order valence-electron chi connectivity index (χ0n) is 23.0. The predicted octanol–water partition coefficient (Wildman–Crippen LogP) is 8.71. The van der Waals surface area contributed by atoms with Gasteiger partial charge in [-0.1, -0.05) is 89.9 Å². The summed E-state index contributed by atoms with van der Waals surface area (Å²) in [6, 6.07) is 3.69. The maximum Gasteiger partial charge on any atom is 0.162 e. The van der Waals surface area contributed by atoms with Gasteiger partial charge in [-0.2, -0.15) is 0 Å². The fourth-order valence-electron chi connectivity index (χ4n) is 6.16. The SMILES string of the molecule is CCCCCCCCOc1c(Cl)cc(C2C3=C(CC(C)(C)CC3=O)NC3=C2C(=O)CC(C)(C)C3)cc1Cl. The highest BCUT2D eigenvalue weighted by atomic mass is 35.5. The summed E-state index contributed by atoms with van der Waals surface area (Å²) in [6.45, 7) is 11.3. The number of unbranched alkanes of at least 4 members (excludes halogenated alkanes) is 5. The van der Waals surface area contributed by atoms with Crippen LogP contribution in [0.2, 0.25) is 10.0 Å². The third kappa shape index (κ3) is 6.28. The molecule has 0 radical (unpaired) electrons. The van der Waals surface area contributed by atoms with Crippen molar-refractivity contribution < 1.29 is 14.3 Å². The molecule has 1 aromatic carbocycles. The molecule has 1 aromatic rings. The van der Waals surface area contributed by atoms with Crippen LogP contribution < -0.4 is 10.1 Å². The molecule has 0 aromatic heterocycles. The number of hydrogen-bond donors (Lipinski definition) is 1. The van der Waals surface area contributed by atoms with Gasteiger partial charge in [-0.25, -0.2) is 0 Å². The maximum absolute atomic E-state index is 13.5. The van der Waals surface area contributed by atoms with Gasteiger partial charge in [0, 0.05) is 41.3 Å². The van der Waals surface area contributed by atoms with Crippen LogP contribution in [0.4, 0.5) is 0 Å². The summed E-state index contributed by atoms with van der Waals surface area (Å²) >= 11 is 13.4. The van der Waals surface area contributed by atoms with Crippen LogP contribution in [0, 0.1) is 10.8 Å². The largest absolute Gasteiger partial charge is 0.490 e. The molecule has 1 N–H and O–H groups in total. The minimum Gasteiger partial charge on any atom is -0.490 e. The molecule has 3 aliphatic rings. The van der Waals surface area contributed by atoms with Crippen LogP contribution in [0.3, 0.4) is 0 Å². The zero-order chi connectivity index (χ0) is 27.0. The van der Waals surface area contributed by atoms with Crippen molar-refractivity contribution in [3.63, 3.8) is 0 Å². The highest BCUT2D eigenvalue weighted by molar-refractivity contribution is 6.37. The minimum absolute atomic E-state index is 0.0866. The molecular weight excluding hydrogens is 505 g/mol. The van der Waals surface area contributed by atoms with Gasteiger partial charge in [0.25, 0.3) is 0 Å². The van der Waals surface area contributed by atoms with Crippen LogP contribution in [-0.2, 0) is 9.59 Å². The van der Waals surface area contributed by atoms with E-state index in [-0.39, 0.29) is 22.4 Å². The Morgan fingerprint density at radius 2 is 1.30 bits per heavy atom. The Morgan fingerprint density at radius 3 is 1.81 bits per heavy atom. The van der Waals surface area contributed by atoms with E-state index in [1.165, 1.54) is 25.7 Å². The molecule has 202 valence electrons. The van der Waals surface area contributed by atoms with E-state index in [2.05, 4.69) is 39.9 Å². The fraction of sp³-hybridized carbons (Fsp3) is 0.613. The number of Topliss-reactive ketones (excluding diaryl/α,β-unsaturated/α-hetero) is 2. The van der Waals surface area contributed by atoms with E-state index >= 15 is 0 Å². The van der Waals surface area contributed by atoms with Crippen molar-refractivity contribution in [2.24, 2.45) is 10.8 Å². The molecule has 0 amide bonds.